The van der Waals surface area contributed by atoms with E-state index >= 15 is 0 Å². The Balaban J connectivity index is 1.81. The Morgan fingerprint density at radius 2 is 1.94 bits per heavy atom. The Morgan fingerprint density at radius 3 is 2.61 bits per heavy atom. The molecule has 1 fully saturated rings. The van der Waals surface area contributed by atoms with E-state index in [4.69, 9.17) is 9.47 Å². The van der Waals surface area contributed by atoms with E-state index in [9.17, 15) is 14.4 Å². The number of rotatable bonds is 7. The number of carbonyl (C=O) groups is 3. The van der Waals surface area contributed by atoms with Crippen LogP contribution in [0.4, 0.5) is 4.79 Å². The van der Waals surface area contributed by atoms with Crippen LogP contribution < -0.4 is 10.1 Å². The van der Waals surface area contributed by atoms with E-state index in [-0.39, 0.29) is 17.9 Å². The van der Waals surface area contributed by atoms with Gasteiger partial charge in [0.05, 0.1) is 18.6 Å². The lowest BCUT2D eigenvalue weighted by Gasteiger charge is -2.31. The van der Waals surface area contributed by atoms with E-state index in [2.05, 4.69) is 10.3 Å². The van der Waals surface area contributed by atoms with Crippen LogP contribution in [0.15, 0.2) is 29.3 Å². The highest BCUT2D eigenvalue weighted by Crippen LogP contribution is 2.32. The molecule has 2 atom stereocenters. The second-order valence-corrected chi connectivity index (χ2v) is 8.64. The van der Waals surface area contributed by atoms with Crippen molar-refractivity contribution in [2.24, 2.45) is 22.7 Å². The minimum atomic E-state index is -0.706. The van der Waals surface area contributed by atoms with Crippen LogP contribution >= 0.6 is 0 Å². The van der Waals surface area contributed by atoms with Crippen molar-refractivity contribution in [2.45, 2.75) is 65.3 Å². The molecule has 0 radical (unpaired) electrons. The SMILES string of the molecule is CCC1=NC(=O)NC(c2cccc(OC(=O)C(C)C)c2)C1C(=O)OCC1CCCCC1. The first kappa shape index (κ1) is 23.0. The number of esters is 2. The molecular weight excluding hydrogens is 396 g/mol. The van der Waals surface area contributed by atoms with E-state index in [1.807, 2.05) is 6.92 Å². The third-order valence-corrected chi connectivity index (χ3v) is 5.93. The molecule has 3 rings (SSSR count). The number of amides is 2. The zero-order valence-corrected chi connectivity index (χ0v) is 18.6. The second kappa shape index (κ2) is 10.6. The van der Waals surface area contributed by atoms with Gasteiger partial charge < -0.3 is 14.8 Å². The van der Waals surface area contributed by atoms with E-state index in [0.29, 0.717) is 36.0 Å². The molecule has 0 saturated heterocycles. The summed E-state index contributed by atoms with van der Waals surface area (Å²) in [6.07, 6.45) is 6.22. The van der Waals surface area contributed by atoms with Crippen LogP contribution in [0.3, 0.4) is 0 Å². The Morgan fingerprint density at radius 1 is 1.19 bits per heavy atom. The standard InChI is InChI=1S/C24H32N2O5/c1-4-19-20(23(28)30-14-16-9-6-5-7-10-16)21(26-24(29)25-19)17-11-8-12-18(13-17)31-22(27)15(2)3/h8,11-13,15-16,20-21H,4-7,9-10,14H2,1-3H3,(H,26,29). The number of nitrogens with one attached hydrogen (secondary N) is 1. The molecule has 1 heterocycles. The Bertz CT molecular complexity index is 842. The molecule has 2 aliphatic rings. The van der Waals surface area contributed by atoms with Crippen LogP contribution in [0.1, 0.15) is 70.9 Å². The maximum Gasteiger partial charge on any atom is 0.341 e. The molecule has 2 unspecified atom stereocenters. The van der Waals surface area contributed by atoms with Crippen LogP contribution in [0.25, 0.3) is 0 Å². The van der Waals surface area contributed by atoms with Crippen molar-refractivity contribution in [2.75, 3.05) is 6.61 Å². The van der Waals surface area contributed by atoms with Crippen LogP contribution in [-0.2, 0) is 14.3 Å². The van der Waals surface area contributed by atoms with Crippen molar-refractivity contribution in [3.8, 4) is 5.75 Å². The normalized spacial score (nSPS) is 21.9. The summed E-state index contributed by atoms with van der Waals surface area (Å²) in [7, 11) is 0. The van der Waals surface area contributed by atoms with Crippen molar-refractivity contribution in [3.63, 3.8) is 0 Å². The molecule has 31 heavy (non-hydrogen) atoms. The van der Waals surface area contributed by atoms with Crippen molar-refractivity contribution in [1.82, 2.24) is 5.32 Å². The van der Waals surface area contributed by atoms with Crippen LogP contribution in [0, 0.1) is 17.8 Å². The first-order valence-electron chi connectivity index (χ1n) is 11.2. The molecule has 0 spiro atoms. The van der Waals surface area contributed by atoms with E-state index in [1.54, 1.807) is 38.1 Å². The monoisotopic (exact) mass is 428 g/mol. The van der Waals surface area contributed by atoms with Gasteiger partial charge in [-0.05, 0) is 42.9 Å². The van der Waals surface area contributed by atoms with E-state index in [1.165, 1.54) is 19.3 Å². The maximum absolute atomic E-state index is 13.1. The van der Waals surface area contributed by atoms with Gasteiger partial charge in [-0.3, -0.25) is 9.59 Å². The van der Waals surface area contributed by atoms with Gasteiger partial charge in [0.25, 0.3) is 0 Å². The molecule has 0 aromatic heterocycles. The highest BCUT2D eigenvalue weighted by atomic mass is 16.5. The Hall–Kier alpha value is -2.70. The molecule has 0 bridgehead atoms. The summed E-state index contributed by atoms with van der Waals surface area (Å²) in [5.41, 5.74) is 1.18. The first-order chi connectivity index (χ1) is 14.9. The summed E-state index contributed by atoms with van der Waals surface area (Å²) in [5.74, 6) is -0.915. The molecule has 1 aliphatic heterocycles. The van der Waals surface area contributed by atoms with Crippen molar-refractivity contribution in [1.29, 1.82) is 0 Å². The molecule has 7 nitrogen and oxygen atoms in total. The number of hydrogen-bond donors (Lipinski definition) is 1. The van der Waals surface area contributed by atoms with Gasteiger partial charge in [0, 0.05) is 5.71 Å². The van der Waals surface area contributed by atoms with Gasteiger partial charge >= 0.3 is 18.0 Å². The lowest BCUT2D eigenvalue weighted by atomic mass is 9.86. The number of carbonyl (C=O) groups excluding carboxylic acids is 3. The zero-order chi connectivity index (χ0) is 22.4. The van der Waals surface area contributed by atoms with Gasteiger partial charge in [0.1, 0.15) is 11.7 Å². The topological polar surface area (TPSA) is 94.1 Å². The number of ether oxygens (including phenoxy) is 2. The molecule has 168 valence electrons. The van der Waals surface area contributed by atoms with Crippen molar-refractivity contribution in [3.05, 3.63) is 29.8 Å². The van der Waals surface area contributed by atoms with Crippen LogP contribution in [0.2, 0.25) is 0 Å². The fraction of sp³-hybridized carbons (Fsp3) is 0.583. The molecule has 1 N–H and O–H groups in total. The lowest BCUT2D eigenvalue weighted by molar-refractivity contribution is -0.148. The van der Waals surface area contributed by atoms with E-state index in [0.717, 1.165) is 12.8 Å². The first-order valence-corrected chi connectivity index (χ1v) is 11.2. The average molecular weight is 429 g/mol. The average Bonchev–Trinajstić information content (AvgIpc) is 2.77. The van der Waals surface area contributed by atoms with Gasteiger partial charge in [0.15, 0.2) is 0 Å². The molecule has 1 aromatic rings. The minimum absolute atomic E-state index is 0.264. The van der Waals surface area contributed by atoms with Crippen LogP contribution in [0.5, 0.6) is 5.75 Å². The summed E-state index contributed by atoms with van der Waals surface area (Å²) in [6.45, 7) is 5.79. The van der Waals surface area contributed by atoms with Crippen molar-refractivity contribution >= 4 is 23.7 Å². The summed E-state index contributed by atoms with van der Waals surface area (Å²) >= 11 is 0. The predicted octanol–water partition coefficient (Wildman–Crippen LogP) is 4.60. The number of hydrogen-bond acceptors (Lipinski definition) is 5. The highest BCUT2D eigenvalue weighted by Gasteiger charge is 2.39. The third-order valence-electron chi connectivity index (χ3n) is 5.93. The Kier molecular flexibility index (Phi) is 7.82. The quantitative estimate of drug-likeness (QED) is 0.506. The maximum atomic E-state index is 13.1. The number of urea groups is 1. The predicted molar refractivity (Wildman–Crippen MR) is 117 cm³/mol. The van der Waals surface area contributed by atoms with Crippen LogP contribution in [-0.4, -0.2) is 30.3 Å². The number of nitrogens with zero attached hydrogens (tertiary/aromatic N) is 1. The molecule has 1 aromatic carbocycles. The molecule has 2 amide bonds. The summed E-state index contributed by atoms with van der Waals surface area (Å²) in [5, 5.41) is 2.80. The zero-order valence-electron chi connectivity index (χ0n) is 18.6. The van der Waals surface area contributed by atoms with Gasteiger partial charge in [-0.25, -0.2) is 9.79 Å². The van der Waals surface area contributed by atoms with Gasteiger partial charge in [0.2, 0.25) is 0 Å². The largest absolute Gasteiger partial charge is 0.465 e. The summed E-state index contributed by atoms with van der Waals surface area (Å²) < 4.78 is 11.1. The van der Waals surface area contributed by atoms with Gasteiger partial charge in [-0.1, -0.05) is 52.2 Å². The van der Waals surface area contributed by atoms with Crippen molar-refractivity contribution < 1.29 is 23.9 Å². The fourth-order valence-electron chi connectivity index (χ4n) is 4.14. The molecular formula is C24H32N2O5. The highest BCUT2D eigenvalue weighted by molar-refractivity contribution is 6.09. The van der Waals surface area contributed by atoms with E-state index < -0.39 is 18.0 Å². The van der Waals surface area contributed by atoms with Gasteiger partial charge in [-0.2, -0.15) is 0 Å². The number of aliphatic imine (C=N–C) groups is 1. The molecule has 1 aliphatic carbocycles. The number of benzene rings is 1. The molecule has 1 saturated carbocycles. The third kappa shape index (κ3) is 5.93. The summed E-state index contributed by atoms with van der Waals surface area (Å²) in [4.78, 5) is 41.3. The minimum Gasteiger partial charge on any atom is -0.465 e. The molecule has 7 heteroatoms. The lowest BCUT2D eigenvalue weighted by Crippen LogP contribution is -2.45. The smallest absolute Gasteiger partial charge is 0.341 e. The Labute approximate surface area is 183 Å². The second-order valence-electron chi connectivity index (χ2n) is 8.64. The fourth-order valence-corrected chi connectivity index (χ4v) is 4.14. The summed E-state index contributed by atoms with van der Waals surface area (Å²) in [6, 6.07) is 5.80. The van der Waals surface area contributed by atoms with Gasteiger partial charge in [-0.15, -0.1) is 0 Å².